The number of hydrogen-bond acceptors (Lipinski definition) is 4. The van der Waals surface area contributed by atoms with Crippen molar-refractivity contribution < 1.29 is 28.6 Å². The van der Waals surface area contributed by atoms with Gasteiger partial charge in [0.1, 0.15) is 5.58 Å². The molecule has 5 nitrogen and oxygen atoms in total. The first-order chi connectivity index (χ1) is 32.7. The summed E-state index contributed by atoms with van der Waals surface area (Å²) in [6.07, 6.45) is 2.02. The second-order valence-electron chi connectivity index (χ2n) is 18.4. The summed E-state index contributed by atoms with van der Waals surface area (Å²) in [5, 5.41) is 5.82. The number of nitrogens with zero attached hydrogens (tertiary/aromatic N) is 4. The molecule has 0 saturated carbocycles. The number of para-hydroxylation sites is 2. The fraction of sp³-hybridized carbons (Fsp3) is 0.169. The second-order valence-corrected chi connectivity index (χ2v) is 23.5. The fourth-order valence-corrected chi connectivity index (χ4v) is 10.1. The number of hydrogen-bond donors (Lipinski definition) is 0. The number of aromatic nitrogens is 4. The molecule has 7 aromatic carbocycles. The molecular formula is C59H52IrN4OSi-2. The summed E-state index contributed by atoms with van der Waals surface area (Å²) >= 11 is 0. The number of aryl methyl sites for hydroxylation is 1. The summed E-state index contributed by atoms with van der Waals surface area (Å²) < 4.78 is 34.5. The minimum absolute atomic E-state index is 0. The van der Waals surface area contributed by atoms with E-state index in [1.165, 1.54) is 27.4 Å². The number of benzene rings is 7. The van der Waals surface area contributed by atoms with Gasteiger partial charge >= 0.3 is 0 Å². The van der Waals surface area contributed by atoms with Gasteiger partial charge in [0.2, 0.25) is 0 Å². The van der Waals surface area contributed by atoms with E-state index in [1.807, 2.05) is 91.1 Å². The molecule has 11 rings (SSSR count). The van der Waals surface area contributed by atoms with Gasteiger partial charge in [-0.1, -0.05) is 143 Å². The van der Waals surface area contributed by atoms with Crippen LogP contribution >= 0.6 is 0 Å². The molecule has 0 atom stereocenters. The van der Waals surface area contributed by atoms with Crippen LogP contribution in [0.1, 0.15) is 60.5 Å². The first-order valence-electron chi connectivity index (χ1n) is 23.9. The van der Waals surface area contributed by atoms with Gasteiger partial charge in [0.25, 0.3) is 0 Å². The summed E-state index contributed by atoms with van der Waals surface area (Å²) in [5.74, 6) is 1.08. The largest absolute Gasteiger partial charge is 0.499 e. The molecule has 0 bridgehead atoms. The first-order valence-corrected chi connectivity index (χ1v) is 25.9. The van der Waals surface area contributed by atoms with Crippen LogP contribution in [0.25, 0.3) is 94.1 Å². The maximum absolute atomic E-state index is 8.50. The fourth-order valence-electron chi connectivity index (χ4n) is 9.02. The van der Waals surface area contributed by atoms with Crippen LogP contribution in [0.3, 0.4) is 0 Å². The molecule has 66 heavy (non-hydrogen) atoms. The molecule has 0 N–H and O–H groups in total. The third-order valence-electron chi connectivity index (χ3n) is 12.4. The van der Waals surface area contributed by atoms with Crippen LogP contribution in [-0.2, 0) is 20.1 Å². The number of rotatable bonds is 7. The van der Waals surface area contributed by atoms with E-state index in [2.05, 4.69) is 136 Å². The summed E-state index contributed by atoms with van der Waals surface area (Å²) in [5.41, 5.74) is 11.7. The van der Waals surface area contributed by atoms with Crippen LogP contribution in [0.5, 0.6) is 0 Å². The van der Waals surface area contributed by atoms with Gasteiger partial charge in [-0.15, -0.1) is 54.1 Å². The molecule has 0 aliphatic rings. The molecule has 0 unspecified atom stereocenters. The predicted octanol–water partition coefficient (Wildman–Crippen LogP) is 15.4. The van der Waals surface area contributed by atoms with Crippen molar-refractivity contribution in [1.29, 1.82) is 0 Å². The molecule has 0 fully saturated rings. The van der Waals surface area contributed by atoms with E-state index in [0.717, 1.165) is 54.9 Å². The molecule has 4 aromatic heterocycles. The molecule has 0 amide bonds. The quantitative estimate of drug-likeness (QED) is 0.0907. The summed E-state index contributed by atoms with van der Waals surface area (Å²) in [6, 6.07) is 58.2. The normalized spacial score (nSPS) is 12.7. The third kappa shape index (κ3) is 8.10. The number of furan rings is 1. The average Bonchev–Trinajstić information content (AvgIpc) is 3.93. The van der Waals surface area contributed by atoms with E-state index >= 15 is 0 Å². The van der Waals surface area contributed by atoms with E-state index in [9.17, 15) is 0 Å². The van der Waals surface area contributed by atoms with Crippen molar-refractivity contribution in [1.82, 2.24) is 19.5 Å². The Morgan fingerprint density at radius 2 is 1.36 bits per heavy atom. The van der Waals surface area contributed by atoms with E-state index in [0.29, 0.717) is 22.5 Å². The summed E-state index contributed by atoms with van der Waals surface area (Å²) in [4.78, 5) is 14.5. The van der Waals surface area contributed by atoms with Gasteiger partial charge in [-0.25, -0.2) is 4.98 Å². The molecule has 0 aliphatic carbocycles. The second kappa shape index (κ2) is 18.1. The minimum Gasteiger partial charge on any atom is -0.499 e. The Balaban J connectivity index is 0.000000296. The van der Waals surface area contributed by atoms with Crippen LogP contribution in [-0.4, -0.2) is 27.6 Å². The third-order valence-corrected chi connectivity index (χ3v) is 14.4. The molecule has 0 saturated heterocycles. The van der Waals surface area contributed by atoms with Crippen molar-refractivity contribution in [3.05, 3.63) is 187 Å². The van der Waals surface area contributed by atoms with Crippen molar-refractivity contribution in [2.75, 3.05) is 0 Å². The van der Waals surface area contributed by atoms with Crippen LogP contribution in [0, 0.1) is 19.0 Å². The minimum atomic E-state index is -2.50. The van der Waals surface area contributed by atoms with Gasteiger partial charge in [0, 0.05) is 46.9 Å². The zero-order valence-electron chi connectivity index (χ0n) is 41.2. The Hall–Kier alpha value is -6.50. The molecule has 7 heteroatoms. The van der Waals surface area contributed by atoms with E-state index in [1.54, 1.807) is 0 Å². The van der Waals surface area contributed by atoms with Gasteiger partial charge in [0.15, 0.2) is 0 Å². The molecule has 0 aliphatic heterocycles. The van der Waals surface area contributed by atoms with Gasteiger partial charge in [0.05, 0.1) is 41.7 Å². The van der Waals surface area contributed by atoms with Crippen LogP contribution in [0.15, 0.2) is 162 Å². The Morgan fingerprint density at radius 1 is 0.636 bits per heavy atom. The standard InChI is InChI=1S/C45H36N3O.C14H16NSi.Ir/c1-26(2)35-24-31(29-14-7-6-8-15-29)25-36(27(3)4)42(35)48-39-21-12-11-20-37(39)47-45(48)34-19-13-18-33-41-40-32-17-10-9-16-30(32)22-23-38(40)46-28(5)43(41)49-44(33)34;1-16(2,3)13-9-10-14(15-11-13)12-7-5-4-6-8-12;/h6-18,20-27H,1-5H3;4-7,9-11H,1-3H3;/q2*-1;/i5D3;;. The molecule has 11 aromatic rings. The monoisotopic (exact) mass is 1060 g/mol. The van der Waals surface area contributed by atoms with Gasteiger partial charge < -0.3 is 14.0 Å². The van der Waals surface area contributed by atoms with Crippen LogP contribution in [0.2, 0.25) is 19.6 Å². The van der Waals surface area contributed by atoms with Crippen molar-refractivity contribution in [3.8, 4) is 39.5 Å². The summed E-state index contributed by atoms with van der Waals surface area (Å²) in [6.45, 7) is 13.4. The van der Waals surface area contributed by atoms with E-state index in [-0.39, 0.29) is 43.2 Å². The topological polar surface area (TPSA) is 56.7 Å². The summed E-state index contributed by atoms with van der Waals surface area (Å²) in [7, 11) is -1.23. The smallest absolute Gasteiger partial charge is 0.142 e. The molecular weight excluding hydrogens is 1000 g/mol. The van der Waals surface area contributed by atoms with Gasteiger partial charge in [-0.3, -0.25) is 4.98 Å². The van der Waals surface area contributed by atoms with Crippen molar-refractivity contribution in [2.24, 2.45) is 0 Å². The van der Waals surface area contributed by atoms with Crippen LogP contribution in [0.4, 0.5) is 0 Å². The zero-order valence-corrected chi connectivity index (χ0v) is 41.6. The maximum Gasteiger partial charge on any atom is 0.142 e. The van der Waals surface area contributed by atoms with E-state index in [4.69, 9.17) is 18.5 Å². The Kier molecular flexibility index (Phi) is 11.2. The zero-order chi connectivity index (χ0) is 47.5. The van der Waals surface area contributed by atoms with Crippen molar-refractivity contribution in [3.63, 3.8) is 0 Å². The molecule has 4 heterocycles. The van der Waals surface area contributed by atoms with Crippen LogP contribution < -0.4 is 5.19 Å². The Morgan fingerprint density at radius 3 is 2.06 bits per heavy atom. The predicted molar refractivity (Wildman–Crippen MR) is 275 cm³/mol. The van der Waals surface area contributed by atoms with Crippen molar-refractivity contribution in [2.45, 2.75) is 66.0 Å². The Bertz CT molecular complexity index is 3620. The van der Waals surface area contributed by atoms with Crippen molar-refractivity contribution >= 4 is 67.9 Å². The van der Waals surface area contributed by atoms with E-state index < -0.39 is 14.9 Å². The molecule has 0 spiro atoms. The molecule has 329 valence electrons. The Labute approximate surface area is 406 Å². The number of pyridine rings is 2. The molecule has 1 radical (unpaired) electrons. The number of imidazole rings is 1. The number of fused-ring (bicyclic) bond motifs is 8. The average molecular weight is 1060 g/mol. The van der Waals surface area contributed by atoms with Gasteiger partial charge in [-0.05, 0) is 92.9 Å². The first kappa shape index (κ1) is 41.0. The van der Waals surface area contributed by atoms with Gasteiger partial charge in [-0.2, -0.15) is 0 Å². The SMILES string of the molecule is C[Si](C)(C)c1ccc(-c2[c-]cccc2)nc1.[2H]C([2H])([2H])c1nc2ccc3ccccc3c2c2c1oc1c(-c3nc4ccccc4n3-c3c(C(C)C)cc(-c4ccccc4)cc3C(C)C)[c-]ccc12.[Ir]. The maximum atomic E-state index is 8.50.